The van der Waals surface area contributed by atoms with E-state index in [-0.39, 0.29) is 48.9 Å². The Kier molecular flexibility index (Phi) is 12.3. The number of hydrogen-bond acceptors (Lipinski definition) is 5. The van der Waals surface area contributed by atoms with Gasteiger partial charge < -0.3 is 19.7 Å². The fourth-order valence-corrected chi connectivity index (χ4v) is 5.37. The molecule has 2 N–H and O–H groups in total. The summed E-state index contributed by atoms with van der Waals surface area (Å²) < 4.78 is 134. The minimum atomic E-state index is -5.16. The zero-order chi connectivity index (χ0) is 37.1. The van der Waals surface area contributed by atoms with Crippen molar-refractivity contribution < 1.29 is 64.0 Å². The molecule has 15 heteroatoms. The Bertz CT molecular complexity index is 1580. The monoisotopic (exact) mass is 709 g/mol. The van der Waals surface area contributed by atoms with Crippen LogP contribution in [0.1, 0.15) is 73.1 Å². The van der Waals surface area contributed by atoms with E-state index in [1.54, 1.807) is 26.8 Å². The van der Waals surface area contributed by atoms with Gasteiger partial charge in [0.1, 0.15) is 11.5 Å². The molecule has 0 bridgehead atoms. The van der Waals surface area contributed by atoms with Gasteiger partial charge in [-0.1, -0.05) is 6.07 Å². The Hall–Kier alpha value is -3.98. The van der Waals surface area contributed by atoms with E-state index in [1.165, 1.54) is 31.1 Å². The topological polar surface area (TPSA) is 79.2 Å². The highest BCUT2D eigenvalue weighted by atomic mass is 19.4. The quantitative estimate of drug-likeness (QED) is 0.136. The largest absolute Gasteiger partial charge is 0.496 e. The van der Waals surface area contributed by atoms with Gasteiger partial charge in [-0.25, -0.2) is 0 Å². The van der Waals surface area contributed by atoms with E-state index in [0.29, 0.717) is 29.0 Å². The van der Waals surface area contributed by atoms with Gasteiger partial charge in [0.15, 0.2) is 0 Å². The highest BCUT2D eigenvalue weighted by Crippen LogP contribution is 2.42. The first-order valence-corrected chi connectivity index (χ1v) is 15.0. The number of carboxylic acid groups (broad SMARTS) is 1. The summed E-state index contributed by atoms with van der Waals surface area (Å²) >= 11 is 0. The number of nitrogens with zero attached hydrogens (tertiary/aromatic N) is 1. The van der Waals surface area contributed by atoms with Crippen LogP contribution in [0, 0.1) is 6.92 Å². The minimum Gasteiger partial charge on any atom is -0.496 e. The molecule has 3 aromatic rings. The summed E-state index contributed by atoms with van der Waals surface area (Å²) in [6.07, 6.45) is -17.0. The summed E-state index contributed by atoms with van der Waals surface area (Å²) in [6.45, 7) is 5.96. The predicted octanol–water partition coefficient (Wildman–Crippen LogP) is 9.30. The van der Waals surface area contributed by atoms with Crippen molar-refractivity contribution in [2.75, 3.05) is 13.7 Å². The van der Waals surface area contributed by atoms with Crippen LogP contribution in [0.25, 0.3) is 11.1 Å². The number of benzene rings is 3. The Morgan fingerprint density at radius 3 is 1.86 bits per heavy atom. The molecule has 270 valence electrons. The van der Waals surface area contributed by atoms with E-state index >= 15 is 0 Å². The standard InChI is InChI=1S/C34H36F9NO5/c1-18(2)44(20(4)31(47)21-12-24(33(38,39)40)15-25(13-21)34(41,42)43)17-22-14-23(32(35,36)37)8-9-26(22)27-16-28(19(3)11-29(27)48-5)49-10-6-7-30(45)46/h8-9,11-16,18,20,31,47H,6-7,10,17H2,1-5H3,(H,45,46)/t20-,31+/m0/s1. The third-order valence-corrected chi connectivity index (χ3v) is 7.96. The lowest BCUT2D eigenvalue weighted by Gasteiger charge is -2.36. The van der Waals surface area contributed by atoms with Crippen molar-refractivity contribution in [3.8, 4) is 22.6 Å². The predicted molar refractivity (Wildman–Crippen MR) is 162 cm³/mol. The molecule has 0 saturated carbocycles. The van der Waals surface area contributed by atoms with E-state index < -0.39 is 64.9 Å². The molecule has 0 aliphatic rings. The number of ether oxygens (including phenoxy) is 2. The third kappa shape index (κ3) is 10.0. The SMILES string of the molecule is COc1cc(C)c(OCCCC(=O)O)cc1-c1ccc(C(F)(F)F)cc1CN(C(C)C)[C@@H](C)[C@@H](O)c1cc(C(F)(F)F)cc(C(F)(F)F)c1. The van der Waals surface area contributed by atoms with Crippen molar-refractivity contribution >= 4 is 5.97 Å². The smallest absolute Gasteiger partial charge is 0.416 e. The van der Waals surface area contributed by atoms with Crippen LogP contribution in [0.4, 0.5) is 39.5 Å². The lowest BCUT2D eigenvalue weighted by Crippen LogP contribution is -2.42. The first-order chi connectivity index (χ1) is 22.5. The van der Waals surface area contributed by atoms with Crippen LogP contribution in [0.3, 0.4) is 0 Å². The zero-order valence-electron chi connectivity index (χ0n) is 27.1. The number of aliphatic carboxylic acids is 1. The van der Waals surface area contributed by atoms with Gasteiger partial charge in [-0.3, -0.25) is 9.69 Å². The molecule has 0 spiro atoms. The molecular formula is C34H36F9NO5. The molecule has 3 aromatic carbocycles. The maximum atomic E-state index is 13.9. The van der Waals surface area contributed by atoms with Crippen molar-refractivity contribution in [2.24, 2.45) is 0 Å². The van der Waals surface area contributed by atoms with Gasteiger partial charge in [0.05, 0.1) is 36.5 Å². The Morgan fingerprint density at radius 1 is 0.796 bits per heavy atom. The second kappa shape index (κ2) is 15.3. The maximum absolute atomic E-state index is 13.9. The van der Waals surface area contributed by atoms with Crippen LogP contribution >= 0.6 is 0 Å². The molecule has 0 unspecified atom stereocenters. The van der Waals surface area contributed by atoms with Crippen LogP contribution in [0.15, 0.2) is 48.5 Å². The van der Waals surface area contributed by atoms with E-state index in [2.05, 4.69) is 0 Å². The second-order valence-corrected chi connectivity index (χ2v) is 11.8. The Balaban J connectivity index is 2.14. The molecule has 0 aliphatic heterocycles. The average molecular weight is 710 g/mol. The van der Waals surface area contributed by atoms with Crippen molar-refractivity contribution in [2.45, 2.75) is 83.8 Å². The molecule has 0 radical (unpaired) electrons. The Morgan fingerprint density at radius 2 is 1.37 bits per heavy atom. The molecule has 0 aromatic heterocycles. The molecule has 0 saturated heterocycles. The number of aliphatic hydroxyl groups is 1. The van der Waals surface area contributed by atoms with Crippen molar-refractivity contribution in [3.05, 3.63) is 81.9 Å². The molecular weight excluding hydrogens is 673 g/mol. The summed E-state index contributed by atoms with van der Waals surface area (Å²) in [7, 11) is 1.35. The average Bonchev–Trinajstić information content (AvgIpc) is 2.99. The van der Waals surface area contributed by atoms with Gasteiger partial charge in [-0.15, -0.1) is 0 Å². The molecule has 0 heterocycles. The van der Waals surface area contributed by atoms with Crippen molar-refractivity contribution in [1.82, 2.24) is 4.90 Å². The van der Waals surface area contributed by atoms with Crippen LogP contribution in [-0.4, -0.2) is 46.9 Å². The number of hydrogen-bond donors (Lipinski definition) is 2. The molecule has 0 fully saturated rings. The highest BCUT2D eigenvalue weighted by Gasteiger charge is 2.39. The van der Waals surface area contributed by atoms with Gasteiger partial charge in [-0.05, 0) is 98.8 Å². The van der Waals surface area contributed by atoms with E-state index in [9.17, 15) is 49.4 Å². The molecule has 0 aliphatic carbocycles. The van der Waals surface area contributed by atoms with Crippen molar-refractivity contribution in [1.29, 1.82) is 0 Å². The number of methoxy groups -OCH3 is 1. The third-order valence-electron chi connectivity index (χ3n) is 7.96. The molecule has 0 amide bonds. The number of halogens is 9. The fraction of sp³-hybridized carbons (Fsp3) is 0.441. The zero-order valence-corrected chi connectivity index (χ0v) is 27.1. The van der Waals surface area contributed by atoms with Crippen LogP contribution < -0.4 is 9.47 Å². The van der Waals surface area contributed by atoms with Gasteiger partial charge in [0.2, 0.25) is 0 Å². The first kappa shape index (κ1) is 39.5. The molecule has 2 atom stereocenters. The molecule has 49 heavy (non-hydrogen) atoms. The summed E-state index contributed by atoms with van der Waals surface area (Å²) in [5.41, 5.74) is -3.74. The van der Waals surface area contributed by atoms with Crippen molar-refractivity contribution in [3.63, 3.8) is 0 Å². The number of carboxylic acids is 1. The lowest BCUT2D eigenvalue weighted by molar-refractivity contribution is -0.143. The summed E-state index contributed by atoms with van der Waals surface area (Å²) in [5, 5.41) is 20.1. The van der Waals surface area contributed by atoms with Crippen LogP contribution in [0.2, 0.25) is 0 Å². The fourth-order valence-electron chi connectivity index (χ4n) is 5.37. The van der Waals surface area contributed by atoms with Gasteiger partial charge >= 0.3 is 24.5 Å². The van der Waals surface area contributed by atoms with Gasteiger partial charge in [0.25, 0.3) is 0 Å². The number of aliphatic hydroxyl groups excluding tert-OH is 1. The maximum Gasteiger partial charge on any atom is 0.416 e. The minimum absolute atomic E-state index is 0.0287. The number of alkyl halides is 9. The number of rotatable bonds is 13. The highest BCUT2D eigenvalue weighted by molar-refractivity contribution is 5.76. The summed E-state index contributed by atoms with van der Waals surface area (Å²) in [4.78, 5) is 12.3. The van der Waals surface area contributed by atoms with Crippen LogP contribution in [0.5, 0.6) is 11.5 Å². The summed E-state index contributed by atoms with van der Waals surface area (Å²) in [5.74, 6) is -0.459. The second-order valence-electron chi connectivity index (χ2n) is 11.8. The van der Waals surface area contributed by atoms with Crippen LogP contribution in [-0.2, 0) is 29.9 Å². The Labute approximate surface area is 277 Å². The number of carbonyl (C=O) groups is 1. The lowest BCUT2D eigenvalue weighted by atomic mass is 9.93. The van der Waals surface area contributed by atoms with Gasteiger partial charge in [0, 0.05) is 30.6 Å². The number of aryl methyl sites for hydroxylation is 1. The van der Waals surface area contributed by atoms with Gasteiger partial charge in [-0.2, -0.15) is 39.5 Å². The molecule has 3 rings (SSSR count). The van der Waals surface area contributed by atoms with E-state index in [1.807, 2.05) is 0 Å². The summed E-state index contributed by atoms with van der Waals surface area (Å²) in [6, 6.07) is 5.05. The van der Waals surface area contributed by atoms with E-state index in [4.69, 9.17) is 14.6 Å². The van der Waals surface area contributed by atoms with E-state index in [0.717, 1.165) is 12.1 Å². The normalized spacial score (nSPS) is 13.9. The first-order valence-electron chi connectivity index (χ1n) is 15.0. The molecule has 6 nitrogen and oxygen atoms in total.